The van der Waals surface area contributed by atoms with Crippen LogP contribution in [0.15, 0.2) is 12.1 Å². The van der Waals surface area contributed by atoms with Crippen molar-refractivity contribution in [1.82, 2.24) is 0 Å². The van der Waals surface area contributed by atoms with E-state index in [9.17, 15) is 14.7 Å². The van der Waals surface area contributed by atoms with Gasteiger partial charge >= 0.3 is 5.97 Å². The summed E-state index contributed by atoms with van der Waals surface area (Å²) in [7, 11) is 1.43. The lowest BCUT2D eigenvalue weighted by Gasteiger charge is -2.11. The fraction of sp³-hybridized carbons (Fsp3) is 0.412. The molecule has 0 aliphatic heterocycles. The van der Waals surface area contributed by atoms with Crippen LogP contribution in [0, 0.1) is 5.92 Å². The molecule has 0 aliphatic rings. The van der Waals surface area contributed by atoms with Crippen LogP contribution in [0.2, 0.25) is 5.02 Å². The van der Waals surface area contributed by atoms with Crippen molar-refractivity contribution >= 4 is 44.8 Å². The van der Waals surface area contributed by atoms with Gasteiger partial charge in [0, 0.05) is 22.6 Å². The number of halogens is 1. The van der Waals surface area contributed by atoms with Crippen LogP contribution in [0.3, 0.4) is 0 Å². The van der Waals surface area contributed by atoms with Crippen molar-refractivity contribution in [1.29, 1.82) is 0 Å². The van der Waals surface area contributed by atoms with E-state index in [2.05, 4.69) is 0 Å². The number of phenolic OH excluding ortho intramolecular Hbond substituents is 1. The number of carbonyl (C=O) groups excluding carboxylic acids is 2. The Balaban J connectivity index is 2.30. The molecule has 2 aromatic rings. The topological polar surface area (TPSA) is 72.8 Å². The summed E-state index contributed by atoms with van der Waals surface area (Å²) in [4.78, 5) is 24.9. The number of hydrogen-bond acceptors (Lipinski definition) is 6. The summed E-state index contributed by atoms with van der Waals surface area (Å²) in [5.41, 5.74) is 0. The average Bonchev–Trinajstić information content (AvgIpc) is 3.00. The van der Waals surface area contributed by atoms with Crippen molar-refractivity contribution in [3.63, 3.8) is 0 Å². The van der Waals surface area contributed by atoms with E-state index in [1.54, 1.807) is 19.1 Å². The van der Waals surface area contributed by atoms with Crippen LogP contribution in [0.25, 0.3) is 10.1 Å². The summed E-state index contributed by atoms with van der Waals surface area (Å²) < 4.78 is 10.8. The molecule has 1 aromatic carbocycles. The summed E-state index contributed by atoms with van der Waals surface area (Å²) in [5, 5.41) is 10.7. The van der Waals surface area contributed by atoms with Crippen molar-refractivity contribution < 1.29 is 24.2 Å². The first-order valence-electron chi connectivity index (χ1n) is 7.61. The number of ether oxygens (including phenoxy) is 2. The number of phenols is 1. The van der Waals surface area contributed by atoms with E-state index in [0.717, 1.165) is 4.70 Å². The second kappa shape index (κ2) is 7.85. The number of benzene rings is 1. The molecule has 1 atom stereocenters. The molecule has 1 heterocycles. The lowest BCUT2D eigenvalue weighted by Crippen LogP contribution is -2.20. The van der Waals surface area contributed by atoms with Gasteiger partial charge in [-0.1, -0.05) is 18.5 Å². The first-order valence-corrected chi connectivity index (χ1v) is 8.81. The zero-order valence-corrected chi connectivity index (χ0v) is 15.3. The highest BCUT2D eigenvalue weighted by Crippen LogP contribution is 2.43. The molecule has 0 amide bonds. The third-order valence-electron chi connectivity index (χ3n) is 3.74. The van der Waals surface area contributed by atoms with Gasteiger partial charge in [-0.2, -0.15) is 0 Å². The molecule has 130 valence electrons. The molecule has 0 saturated heterocycles. The molecular formula is C17H19ClO5S. The molecule has 0 saturated carbocycles. The second-order valence-corrected chi connectivity index (χ2v) is 6.71. The molecular weight excluding hydrogens is 352 g/mol. The van der Waals surface area contributed by atoms with Gasteiger partial charge in [-0.05, 0) is 19.4 Å². The zero-order chi connectivity index (χ0) is 17.9. The molecule has 0 fully saturated rings. The third kappa shape index (κ3) is 3.65. The largest absolute Gasteiger partial charge is 0.503 e. The normalized spacial score (nSPS) is 12.2. The second-order valence-electron chi connectivity index (χ2n) is 5.25. The number of fused-ring (bicyclic) bond motifs is 1. The molecule has 2 rings (SSSR count). The minimum Gasteiger partial charge on any atom is -0.503 e. The molecule has 24 heavy (non-hydrogen) atoms. The minimum atomic E-state index is -0.457. The van der Waals surface area contributed by atoms with Gasteiger partial charge in [-0.15, -0.1) is 11.3 Å². The highest BCUT2D eigenvalue weighted by atomic mass is 35.5. The maximum absolute atomic E-state index is 12.5. The van der Waals surface area contributed by atoms with E-state index in [-0.39, 0.29) is 34.7 Å². The van der Waals surface area contributed by atoms with Crippen LogP contribution in [0.5, 0.6) is 11.5 Å². The highest BCUT2D eigenvalue weighted by Gasteiger charge is 2.24. The number of carbonyl (C=O) groups is 2. The maximum atomic E-state index is 12.5. The van der Waals surface area contributed by atoms with E-state index < -0.39 is 5.92 Å². The van der Waals surface area contributed by atoms with Crippen LogP contribution in [0.1, 0.15) is 36.4 Å². The van der Waals surface area contributed by atoms with E-state index in [0.29, 0.717) is 23.3 Å². The molecule has 0 spiro atoms. The van der Waals surface area contributed by atoms with Crippen molar-refractivity contribution in [3.05, 3.63) is 22.0 Å². The molecule has 0 aliphatic carbocycles. The Bertz CT molecular complexity index is 768. The smallest absolute Gasteiger partial charge is 0.309 e. The lowest BCUT2D eigenvalue weighted by atomic mass is 9.99. The average molecular weight is 371 g/mol. The maximum Gasteiger partial charge on any atom is 0.309 e. The fourth-order valence-electron chi connectivity index (χ4n) is 2.38. The standard InChI is InChI=1S/C17H19ClO5S/c1-4-9(17(21)23-5-2)6-11(19)14-7-10-13(24-14)8-12(22-3)16(20)15(10)18/h7-9,20H,4-6H2,1-3H3/t9-/m0/s1. The third-order valence-corrected chi connectivity index (χ3v) is 5.25. The van der Waals surface area contributed by atoms with E-state index in [1.165, 1.54) is 18.4 Å². The van der Waals surface area contributed by atoms with Gasteiger partial charge in [0.05, 0.1) is 29.5 Å². The number of rotatable bonds is 7. The highest BCUT2D eigenvalue weighted by molar-refractivity contribution is 7.21. The van der Waals surface area contributed by atoms with Crippen LogP contribution in [-0.2, 0) is 9.53 Å². The van der Waals surface area contributed by atoms with E-state index >= 15 is 0 Å². The van der Waals surface area contributed by atoms with Crippen molar-refractivity contribution in [2.45, 2.75) is 26.7 Å². The summed E-state index contributed by atoms with van der Waals surface area (Å²) in [6, 6.07) is 3.28. The van der Waals surface area contributed by atoms with Gasteiger partial charge in [0.25, 0.3) is 0 Å². The molecule has 1 N–H and O–H groups in total. The zero-order valence-electron chi connectivity index (χ0n) is 13.7. The van der Waals surface area contributed by atoms with Crippen molar-refractivity contribution in [3.8, 4) is 11.5 Å². The van der Waals surface area contributed by atoms with Gasteiger partial charge in [0.15, 0.2) is 17.3 Å². The quantitative estimate of drug-likeness (QED) is 0.576. The first-order chi connectivity index (χ1) is 11.4. The number of methoxy groups -OCH3 is 1. The Morgan fingerprint density at radius 3 is 2.62 bits per heavy atom. The Morgan fingerprint density at radius 2 is 2.04 bits per heavy atom. The summed E-state index contributed by atoms with van der Waals surface area (Å²) >= 11 is 7.40. The molecule has 0 radical (unpaired) electrons. The predicted molar refractivity (Wildman–Crippen MR) is 94.4 cm³/mol. The minimum absolute atomic E-state index is 0.0862. The molecule has 5 nitrogen and oxygen atoms in total. The first kappa shape index (κ1) is 18.5. The summed E-state index contributed by atoms with van der Waals surface area (Å²) in [6.45, 7) is 3.88. The Morgan fingerprint density at radius 1 is 1.33 bits per heavy atom. The number of esters is 1. The molecule has 0 unspecified atom stereocenters. The number of Topliss-reactive ketones (excluding diaryl/α,β-unsaturated/α-hetero) is 1. The van der Waals surface area contributed by atoms with Crippen LogP contribution in [-0.4, -0.2) is 30.6 Å². The SMILES string of the molecule is CCOC(=O)[C@@H](CC)CC(=O)c1cc2c(Cl)c(O)c(OC)cc2s1. The van der Waals surface area contributed by atoms with Crippen LogP contribution >= 0.6 is 22.9 Å². The van der Waals surface area contributed by atoms with Crippen LogP contribution in [0.4, 0.5) is 0 Å². The Kier molecular flexibility index (Phi) is 6.07. The summed E-state index contributed by atoms with van der Waals surface area (Å²) in [5.74, 6) is -0.855. The van der Waals surface area contributed by atoms with Gasteiger partial charge < -0.3 is 14.6 Å². The van der Waals surface area contributed by atoms with Gasteiger partial charge in [-0.3, -0.25) is 9.59 Å². The van der Waals surface area contributed by atoms with Gasteiger partial charge in [0.2, 0.25) is 0 Å². The van der Waals surface area contributed by atoms with E-state index in [1.807, 2.05) is 6.92 Å². The monoisotopic (exact) mass is 370 g/mol. The van der Waals surface area contributed by atoms with Gasteiger partial charge in [0.1, 0.15) is 0 Å². The molecule has 7 heteroatoms. The predicted octanol–water partition coefficient (Wildman–Crippen LogP) is 4.43. The molecule has 1 aromatic heterocycles. The fourth-order valence-corrected chi connectivity index (χ4v) is 3.73. The van der Waals surface area contributed by atoms with E-state index in [4.69, 9.17) is 21.1 Å². The number of aromatic hydroxyl groups is 1. The Labute approximate surface area is 149 Å². The summed E-state index contributed by atoms with van der Waals surface area (Å²) in [6.07, 6.45) is 0.619. The van der Waals surface area contributed by atoms with Gasteiger partial charge in [-0.25, -0.2) is 0 Å². The number of ketones is 1. The van der Waals surface area contributed by atoms with Crippen molar-refractivity contribution in [2.75, 3.05) is 13.7 Å². The lowest BCUT2D eigenvalue weighted by molar-refractivity contribution is -0.148. The number of hydrogen-bond donors (Lipinski definition) is 1. The van der Waals surface area contributed by atoms with Crippen LogP contribution < -0.4 is 4.74 Å². The van der Waals surface area contributed by atoms with Crippen molar-refractivity contribution in [2.24, 2.45) is 5.92 Å². The Hall–Kier alpha value is -1.79. The number of thiophene rings is 1. The molecule has 0 bridgehead atoms.